The van der Waals surface area contributed by atoms with Crippen molar-refractivity contribution in [3.05, 3.63) is 60.2 Å². The fraction of sp³-hybridized carbons (Fsp3) is 0.0769. The third-order valence-corrected chi connectivity index (χ3v) is 2.93. The Hall–Kier alpha value is -1.85. The molecular formula is C13H13O4S. The second-order valence-corrected chi connectivity index (χ2v) is 5.02. The third-order valence-electron chi connectivity index (χ3n) is 2.06. The van der Waals surface area contributed by atoms with E-state index in [2.05, 4.69) is 0 Å². The second-order valence-electron chi connectivity index (χ2n) is 3.60. The monoisotopic (exact) mass is 265 g/mol. The van der Waals surface area contributed by atoms with Crippen LogP contribution in [0.1, 0.15) is 5.56 Å². The molecule has 0 aromatic heterocycles. The van der Waals surface area contributed by atoms with Crippen LogP contribution in [0.15, 0.2) is 59.5 Å². The minimum atomic E-state index is -4.00. The maximum absolute atomic E-state index is 10.4. The molecule has 0 saturated carbocycles. The molecule has 0 bridgehead atoms. The summed E-state index contributed by atoms with van der Waals surface area (Å²) in [4.78, 5) is -0.0741. The van der Waals surface area contributed by atoms with Crippen molar-refractivity contribution in [2.75, 3.05) is 0 Å². The zero-order valence-electron chi connectivity index (χ0n) is 9.78. The maximum atomic E-state index is 10.4. The van der Waals surface area contributed by atoms with Crippen molar-refractivity contribution in [2.24, 2.45) is 0 Å². The first-order chi connectivity index (χ1) is 8.39. The van der Waals surface area contributed by atoms with Crippen molar-refractivity contribution in [2.45, 2.75) is 11.8 Å². The van der Waals surface area contributed by atoms with Gasteiger partial charge in [0.2, 0.25) is 0 Å². The number of benzene rings is 2. The van der Waals surface area contributed by atoms with Gasteiger partial charge in [-0.15, -0.1) is 0 Å². The van der Waals surface area contributed by atoms with E-state index in [9.17, 15) is 13.5 Å². The average molecular weight is 265 g/mol. The first kappa shape index (κ1) is 14.2. The van der Waals surface area contributed by atoms with Crippen molar-refractivity contribution in [3.63, 3.8) is 0 Å². The Kier molecular flexibility index (Phi) is 4.88. The Labute approximate surface area is 106 Å². The summed E-state index contributed by atoms with van der Waals surface area (Å²) in [6.45, 7) is 1.96. The van der Waals surface area contributed by atoms with Crippen molar-refractivity contribution >= 4 is 10.1 Å². The molecule has 0 amide bonds. The summed E-state index contributed by atoms with van der Waals surface area (Å²) in [5.41, 5.74) is 1.13. The van der Waals surface area contributed by atoms with Gasteiger partial charge in [-0.2, -0.15) is 8.42 Å². The van der Waals surface area contributed by atoms with Gasteiger partial charge in [0, 0.05) is 0 Å². The van der Waals surface area contributed by atoms with E-state index in [1.807, 2.05) is 19.1 Å². The van der Waals surface area contributed by atoms with Gasteiger partial charge in [-0.05, 0) is 31.2 Å². The van der Waals surface area contributed by atoms with E-state index in [1.165, 1.54) is 12.1 Å². The number of aryl methyl sites for hydroxylation is 1. The van der Waals surface area contributed by atoms with E-state index < -0.39 is 10.1 Å². The normalized spacial score (nSPS) is 10.3. The van der Waals surface area contributed by atoms with Gasteiger partial charge in [-0.25, -0.2) is 0 Å². The molecule has 4 nitrogen and oxygen atoms in total. The lowest BCUT2D eigenvalue weighted by Crippen LogP contribution is -1.96. The Balaban J connectivity index is 0.000000184. The molecule has 0 aliphatic rings. The van der Waals surface area contributed by atoms with Gasteiger partial charge in [0.1, 0.15) is 0 Å². The van der Waals surface area contributed by atoms with Gasteiger partial charge in [-0.1, -0.05) is 35.9 Å². The minimum absolute atomic E-state index is 0.0741. The largest absolute Gasteiger partial charge is 0.294 e. The van der Waals surface area contributed by atoms with Crippen molar-refractivity contribution in [1.82, 2.24) is 0 Å². The quantitative estimate of drug-likeness (QED) is 0.805. The minimum Gasteiger partial charge on any atom is -0.290 e. The average Bonchev–Trinajstić information content (AvgIpc) is 2.34. The van der Waals surface area contributed by atoms with Crippen LogP contribution in [0.25, 0.3) is 0 Å². The van der Waals surface area contributed by atoms with Gasteiger partial charge in [-0.3, -0.25) is 9.66 Å². The Morgan fingerprint density at radius 3 is 1.72 bits per heavy atom. The fourth-order valence-electron chi connectivity index (χ4n) is 1.13. The summed E-state index contributed by atoms with van der Waals surface area (Å²) in [5, 5.41) is 10.4. The highest BCUT2D eigenvalue weighted by Crippen LogP contribution is 2.08. The molecule has 18 heavy (non-hydrogen) atoms. The van der Waals surface area contributed by atoms with Crippen molar-refractivity contribution < 1.29 is 18.1 Å². The fourth-order valence-corrected chi connectivity index (χ4v) is 1.63. The standard InChI is InChI=1S/C7H7O.C6H6O3S/c1-6-2-4-7(8)5-3-6;7-10(8,9)6-4-2-1-3-5-6/h2-5H,1H3;1-5H,(H,7,8,9). The van der Waals surface area contributed by atoms with E-state index >= 15 is 0 Å². The van der Waals surface area contributed by atoms with Crippen LogP contribution < -0.4 is 0 Å². The molecule has 0 unspecified atom stereocenters. The molecule has 1 radical (unpaired) electrons. The summed E-state index contributed by atoms with van der Waals surface area (Å²) in [7, 11) is -4.00. The first-order valence-electron chi connectivity index (χ1n) is 5.16. The summed E-state index contributed by atoms with van der Waals surface area (Å²) in [6.07, 6.45) is 0. The molecule has 2 aromatic rings. The lowest BCUT2D eigenvalue weighted by Gasteiger charge is -1.92. The number of rotatable bonds is 1. The van der Waals surface area contributed by atoms with Crippen LogP contribution in [-0.2, 0) is 15.2 Å². The lowest BCUT2D eigenvalue weighted by molar-refractivity contribution is 0.355. The first-order valence-corrected chi connectivity index (χ1v) is 6.60. The van der Waals surface area contributed by atoms with E-state index in [1.54, 1.807) is 30.3 Å². The SMILES string of the molecule is Cc1ccc([O])cc1.O=S(=O)(O)c1ccccc1. The van der Waals surface area contributed by atoms with Gasteiger partial charge < -0.3 is 0 Å². The molecule has 0 aliphatic carbocycles. The molecule has 0 fully saturated rings. The topological polar surface area (TPSA) is 74.3 Å². The van der Waals surface area contributed by atoms with Gasteiger partial charge >= 0.3 is 0 Å². The van der Waals surface area contributed by atoms with Crippen LogP contribution >= 0.6 is 0 Å². The molecule has 0 spiro atoms. The van der Waals surface area contributed by atoms with E-state index in [-0.39, 0.29) is 10.6 Å². The highest BCUT2D eigenvalue weighted by atomic mass is 32.2. The lowest BCUT2D eigenvalue weighted by atomic mass is 10.2. The Morgan fingerprint density at radius 2 is 1.39 bits per heavy atom. The smallest absolute Gasteiger partial charge is 0.290 e. The Morgan fingerprint density at radius 1 is 0.889 bits per heavy atom. The van der Waals surface area contributed by atoms with E-state index in [4.69, 9.17) is 4.55 Å². The van der Waals surface area contributed by atoms with Crippen LogP contribution in [0.5, 0.6) is 5.75 Å². The molecule has 0 atom stereocenters. The van der Waals surface area contributed by atoms with Gasteiger partial charge in [0.15, 0.2) is 5.75 Å². The highest BCUT2D eigenvalue weighted by Gasteiger charge is 2.05. The number of hydrogen-bond donors (Lipinski definition) is 1. The molecule has 0 heterocycles. The zero-order chi connectivity index (χ0) is 13.6. The molecule has 2 rings (SSSR count). The van der Waals surface area contributed by atoms with Crippen molar-refractivity contribution in [3.8, 4) is 5.75 Å². The van der Waals surface area contributed by atoms with Crippen LogP contribution in [0.2, 0.25) is 0 Å². The Bertz CT molecular complexity index is 553. The van der Waals surface area contributed by atoms with E-state index in [0.29, 0.717) is 0 Å². The molecule has 2 aromatic carbocycles. The van der Waals surface area contributed by atoms with Crippen LogP contribution in [-0.4, -0.2) is 13.0 Å². The second kappa shape index (κ2) is 6.18. The highest BCUT2D eigenvalue weighted by molar-refractivity contribution is 7.85. The zero-order valence-corrected chi connectivity index (χ0v) is 10.6. The van der Waals surface area contributed by atoms with Crippen LogP contribution in [0.3, 0.4) is 0 Å². The number of hydrogen-bond acceptors (Lipinski definition) is 2. The van der Waals surface area contributed by atoms with Gasteiger partial charge in [0.05, 0.1) is 4.90 Å². The maximum Gasteiger partial charge on any atom is 0.294 e. The summed E-state index contributed by atoms with van der Waals surface area (Å²) < 4.78 is 29.2. The van der Waals surface area contributed by atoms with Gasteiger partial charge in [0.25, 0.3) is 10.1 Å². The summed E-state index contributed by atoms with van der Waals surface area (Å²) in [6, 6.07) is 14.2. The van der Waals surface area contributed by atoms with Crippen molar-refractivity contribution in [1.29, 1.82) is 0 Å². The predicted octanol–water partition coefficient (Wildman–Crippen LogP) is 3.07. The predicted molar refractivity (Wildman–Crippen MR) is 67.6 cm³/mol. The molecular weight excluding hydrogens is 252 g/mol. The van der Waals surface area contributed by atoms with Crippen LogP contribution in [0.4, 0.5) is 0 Å². The molecule has 95 valence electrons. The molecule has 0 aliphatic heterocycles. The molecule has 5 heteroatoms. The molecule has 1 N–H and O–H groups in total. The molecule has 0 saturated heterocycles. The summed E-state index contributed by atoms with van der Waals surface area (Å²) in [5.74, 6) is 0.0793. The summed E-state index contributed by atoms with van der Waals surface area (Å²) >= 11 is 0. The van der Waals surface area contributed by atoms with E-state index in [0.717, 1.165) is 5.56 Å². The third kappa shape index (κ3) is 4.99. The van der Waals surface area contributed by atoms with Crippen LogP contribution in [0, 0.1) is 6.92 Å².